The topological polar surface area (TPSA) is 3.24 Å². The number of hydrogen-bond donors (Lipinski definition) is 0. The fourth-order valence-electron chi connectivity index (χ4n) is 8.77. The Balaban J connectivity index is 1.06. The summed E-state index contributed by atoms with van der Waals surface area (Å²) in [4.78, 5) is 1.88. The van der Waals surface area contributed by atoms with Gasteiger partial charge in [-0.05, 0) is 124 Å². The molecule has 1 heteroatoms. The SMILES string of the molecule is [2H]c1c([2H])c(N(c2ccc(-c3ccc4ccccc4c3-c3ccccc3)cc2)c2cccc(-c3cccc4ccccc34)c2)c([2H])c([2H])c1-c1ccc(-c2cccc3ccccc23)cc1. The molecular weight excluding hydrogens is 735 g/mol. The fourth-order valence-corrected chi connectivity index (χ4v) is 8.77. The molecular formula is C60H41N. The van der Waals surface area contributed by atoms with Gasteiger partial charge < -0.3 is 4.90 Å². The first-order valence-electron chi connectivity index (χ1n) is 22.7. The number of nitrogens with zero attached hydrogens (tertiary/aromatic N) is 1. The van der Waals surface area contributed by atoms with Gasteiger partial charge in [-0.15, -0.1) is 0 Å². The summed E-state index contributed by atoms with van der Waals surface area (Å²) < 4.78 is 38.4. The highest BCUT2D eigenvalue weighted by Gasteiger charge is 2.17. The van der Waals surface area contributed by atoms with E-state index < -0.39 is 0 Å². The Morgan fingerprint density at radius 3 is 1.43 bits per heavy atom. The van der Waals surface area contributed by atoms with Crippen LogP contribution in [0.4, 0.5) is 17.1 Å². The number of rotatable bonds is 8. The van der Waals surface area contributed by atoms with E-state index in [1.54, 1.807) is 0 Å². The molecule has 0 aromatic heterocycles. The van der Waals surface area contributed by atoms with Gasteiger partial charge in [0.05, 0.1) is 5.48 Å². The number of hydrogen-bond acceptors (Lipinski definition) is 1. The lowest BCUT2D eigenvalue weighted by atomic mass is 9.90. The van der Waals surface area contributed by atoms with E-state index in [-0.39, 0.29) is 35.4 Å². The molecule has 0 N–H and O–H groups in total. The molecule has 0 saturated carbocycles. The highest BCUT2D eigenvalue weighted by Crippen LogP contribution is 2.42. The van der Waals surface area contributed by atoms with Crippen molar-refractivity contribution < 1.29 is 5.48 Å². The van der Waals surface area contributed by atoms with Crippen molar-refractivity contribution in [3.63, 3.8) is 0 Å². The minimum Gasteiger partial charge on any atom is -0.310 e. The second-order valence-corrected chi connectivity index (χ2v) is 15.4. The minimum atomic E-state index is -0.125. The minimum absolute atomic E-state index is 0.102. The summed E-state index contributed by atoms with van der Waals surface area (Å²) in [7, 11) is 0. The second kappa shape index (κ2) is 15.6. The van der Waals surface area contributed by atoms with Crippen LogP contribution in [0.1, 0.15) is 5.48 Å². The standard InChI is InChI=1S/C60H41N/c1-2-16-49(17-3-1)60-58-24-9-6-15-46(58)35-40-59(60)48-33-38-52(39-34-48)61(53-21-10-20-50(41-53)57-26-12-19-45-14-5-8-23-55(45)57)51-36-31-43(32-37-51)42-27-29-47(30-28-42)56-25-11-18-44-13-4-7-22-54(44)56/h1-41H/i31D,32D,36D,37D. The van der Waals surface area contributed by atoms with Crippen LogP contribution in [0.5, 0.6) is 0 Å². The van der Waals surface area contributed by atoms with Crippen LogP contribution in [0.2, 0.25) is 0 Å². The van der Waals surface area contributed by atoms with E-state index in [9.17, 15) is 5.48 Å². The molecule has 1 nitrogen and oxygen atoms in total. The third-order valence-corrected chi connectivity index (χ3v) is 11.7. The molecule has 11 aromatic rings. The van der Waals surface area contributed by atoms with Crippen molar-refractivity contribution in [1.29, 1.82) is 0 Å². The van der Waals surface area contributed by atoms with Crippen molar-refractivity contribution >= 4 is 49.4 Å². The Bertz CT molecular complexity index is 3540. The Labute approximate surface area is 362 Å². The molecule has 0 aliphatic rings. The Kier molecular flexibility index (Phi) is 8.18. The number of anilines is 3. The van der Waals surface area contributed by atoms with Crippen molar-refractivity contribution in [3.8, 4) is 55.6 Å². The first-order chi connectivity index (χ1) is 31.9. The Morgan fingerprint density at radius 2 is 0.754 bits per heavy atom. The summed E-state index contributed by atoms with van der Waals surface area (Å²) >= 11 is 0. The van der Waals surface area contributed by atoms with Gasteiger partial charge in [0.15, 0.2) is 0 Å². The average molecular weight is 780 g/mol. The number of benzene rings is 11. The molecule has 11 aromatic carbocycles. The zero-order chi connectivity index (χ0) is 44.0. The van der Waals surface area contributed by atoms with E-state index in [4.69, 9.17) is 0 Å². The highest BCUT2D eigenvalue weighted by molar-refractivity contribution is 6.04. The molecule has 0 aliphatic carbocycles. The van der Waals surface area contributed by atoms with Gasteiger partial charge in [-0.2, -0.15) is 0 Å². The zero-order valence-electron chi connectivity index (χ0n) is 37.3. The Hall–Kier alpha value is -8.00. The smallest absolute Gasteiger partial charge is 0.0645 e. The monoisotopic (exact) mass is 779 g/mol. The zero-order valence-corrected chi connectivity index (χ0v) is 33.3. The molecule has 61 heavy (non-hydrogen) atoms. The highest BCUT2D eigenvalue weighted by atomic mass is 15.1. The third kappa shape index (κ3) is 6.83. The summed E-state index contributed by atoms with van der Waals surface area (Å²) in [6.45, 7) is 0. The van der Waals surface area contributed by atoms with E-state index in [0.29, 0.717) is 16.9 Å². The van der Waals surface area contributed by atoms with Gasteiger partial charge in [-0.25, -0.2) is 0 Å². The van der Waals surface area contributed by atoms with Gasteiger partial charge in [0.1, 0.15) is 0 Å². The van der Waals surface area contributed by atoms with Gasteiger partial charge in [-0.1, -0.05) is 212 Å². The lowest BCUT2D eigenvalue weighted by Crippen LogP contribution is -2.10. The van der Waals surface area contributed by atoms with Crippen LogP contribution in [0.25, 0.3) is 88.0 Å². The molecule has 0 fully saturated rings. The van der Waals surface area contributed by atoms with Crippen LogP contribution < -0.4 is 4.90 Å². The van der Waals surface area contributed by atoms with Crippen LogP contribution in [-0.2, 0) is 0 Å². The quantitative estimate of drug-likeness (QED) is 0.148. The van der Waals surface area contributed by atoms with Crippen molar-refractivity contribution in [3.05, 3.63) is 249 Å². The lowest BCUT2D eigenvalue weighted by molar-refractivity contribution is 1.28. The van der Waals surface area contributed by atoms with E-state index in [2.05, 4.69) is 146 Å². The molecule has 0 amide bonds. The van der Waals surface area contributed by atoms with E-state index >= 15 is 0 Å². The van der Waals surface area contributed by atoms with Crippen LogP contribution in [-0.4, -0.2) is 0 Å². The van der Waals surface area contributed by atoms with Gasteiger partial charge >= 0.3 is 0 Å². The van der Waals surface area contributed by atoms with Gasteiger partial charge in [0.25, 0.3) is 0 Å². The van der Waals surface area contributed by atoms with Crippen LogP contribution in [0.3, 0.4) is 0 Å². The maximum atomic E-state index is 9.69. The number of fused-ring (bicyclic) bond motifs is 3. The van der Waals surface area contributed by atoms with Crippen molar-refractivity contribution in [2.45, 2.75) is 0 Å². The molecule has 286 valence electrons. The summed E-state index contributed by atoms with van der Waals surface area (Å²) in [5, 5.41) is 6.87. The normalized spacial score (nSPS) is 12.2. The summed E-state index contributed by atoms with van der Waals surface area (Å²) in [6.07, 6.45) is 0. The first-order valence-corrected chi connectivity index (χ1v) is 20.7. The maximum Gasteiger partial charge on any atom is 0.0645 e. The average Bonchev–Trinajstić information content (AvgIpc) is 3.37. The largest absolute Gasteiger partial charge is 0.310 e. The van der Waals surface area contributed by atoms with Gasteiger partial charge in [-0.3, -0.25) is 0 Å². The molecule has 0 radical (unpaired) electrons. The lowest BCUT2D eigenvalue weighted by Gasteiger charge is -2.27. The molecule has 11 rings (SSSR count). The van der Waals surface area contributed by atoms with Gasteiger partial charge in [0, 0.05) is 17.1 Å². The van der Waals surface area contributed by atoms with Crippen molar-refractivity contribution in [2.24, 2.45) is 0 Å². The predicted molar refractivity (Wildman–Crippen MR) is 261 cm³/mol. The van der Waals surface area contributed by atoms with Crippen LogP contribution in [0.15, 0.2) is 249 Å². The van der Waals surface area contributed by atoms with E-state index in [0.717, 1.165) is 71.4 Å². The van der Waals surface area contributed by atoms with E-state index in [1.165, 1.54) is 5.39 Å². The van der Waals surface area contributed by atoms with Gasteiger partial charge in [0.2, 0.25) is 0 Å². The summed E-state index contributed by atoms with van der Waals surface area (Å²) in [5.41, 5.74) is 11.0. The fraction of sp³-hybridized carbons (Fsp3) is 0. The molecule has 0 saturated heterocycles. The second-order valence-electron chi connectivity index (χ2n) is 15.4. The van der Waals surface area contributed by atoms with Crippen molar-refractivity contribution in [1.82, 2.24) is 0 Å². The molecule has 0 unspecified atom stereocenters. The molecule has 0 aliphatic heterocycles. The van der Waals surface area contributed by atoms with Crippen molar-refractivity contribution in [2.75, 3.05) is 4.90 Å². The summed E-state index contributed by atoms with van der Waals surface area (Å²) in [6, 6.07) is 76.2. The molecule has 0 bridgehead atoms. The first kappa shape index (κ1) is 31.9. The molecule has 0 atom stereocenters. The van der Waals surface area contributed by atoms with E-state index in [1.807, 2.05) is 83.8 Å². The molecule has 0 heterocycles. The molecule has 0 spiro atoms. The third-order valence-electron chi connectivity index (χ3n) is 11.7. The maximum absolute atomic E-state index is 9.69. The Morgan fingerprint density at radius 1 is 0.262 bits per heavy atom. The van der Waals surface area contributed by atoms with Crippen LogP contribution in [0, 0.1) is 0 Å². The van der Waals surface area contributed by atoms with Crippen LogP contribution >= 0.6 is 0 Å². The summed E-state index contributed by atoms with van der Waals surface area (Å²) in [5.74, 6) is 0. The predicted octanol–water partition coefficient (Wildman–Crippen LogP) is 17.0.